The fourth-order valence-corrected chi connectivity index (χ4v) is 1.83. The van der Waals surface area contributed by atoms with Crippen LogP contribution in [0.5, 0.6) is 0 Å². The predicted octanol–water partition coefficient (Wildman–Crippen LogP) is 5.54. The summed E-state index contributed by atoms with van der Waals surface area (Å²) in [7, 11) is 0. The van der Waals surface area contributed by atoms with Crippen LogP contribution in [-0.4, -0.2) is 15.2 Å². The van der Waals surface area contributed by atoms with Crippen molar-refractivity contribution in [3.05, 3.63) is 35.8 Å². The Hall–Kier alpha value is -0.536. The zero-order valence-electron chi connectivity index (χ0n) is 16.0. The molecule has 0 spiro atoms. The second-order valence-corrected chi connectivity index (χ2v) is 5.09. The molecule has 0 aliphatic carbocycles. The van der Waals surface area contributed by atoms with Crippen molar-refractivity contribution in [3.8, 4) is 0 Å². The monoisotopic (exact) mass is 392 g/mol. The molecule has 1 unspecified atom stereocenters. The summed E-state index contributed by atoms with van der Waals surface area (Å²) in [5, 5.41) is 0. The number of pyridine rings is 1. The number of carbonyl (C=O) groups excluding carboxylic acids is 1. The van der Waals surface area contributed by atoms with Crippen LogP contribution in [0.1, 0.15) is 83.8 Å². The first-order valence-electron chi connectivity index (χ1n) is 8.47. The zero-order valence-corrected chi connectivity index (χ0v) is 18.8. The zero-order chi connectivity index (χ0) is 17.3. The van der Waals surface area contributed by atoms with Crippen LogP contribution < -0.4 is 0 Å². The normalized spacial score (nSPS) is 10.8. The Morgan fingerprint density at radius 3 is 2.26 bits per heavy atom. The van der Waals surface area contributed by atoms with E-state index in [9.17, 15) is 4.79 Å². The van der Waals surface area contributed by atoms with Crippen LogP contribution in [0.3, 0.4) is 0 Å². The molecule has 23 heavy (non-hydrogen) atoms. The molecule has 0 aliphatic rings. The Bertz CT molecular complexity index is 576. The van der Waals surface area contributed by atoms with Gasteiger partial charge in [-0.15, -0.1) is 0 Å². The van der Waals surface area contributed by atoms with E-state index in [1.165, 1.54) is 0 Å². The summed E-state index contributed by atoms with van der Waals surface area (Å²) < 4.78 is 1.86. The molecule has 0 amide bonds. The molecule has 127 valence electrons. The molecular weight excluding hydrogens is 361 g/mol. The van der Waals surface area contributed by atoms with Gasteiger partial charge in [-0.2, -0.15) is 6.07 Å². The van der Waals surface area contributed by atoms with Crippen molar-refractivity contribution in [2.75, 3.05) is 0 Å². The van der Waals surface area contributed by atoms with Crippen LogP contribution in [0.15, 0.2) is 18.5 Å². The molecule has 2 rings (SSSR count). The van der Waals surface area contributed by atoms with E-state index in [4.69, 9.17) is 0 Å². The molecule has 0 saturated carbocycles. The van der Waals surface area contributed by atoms with Gasteiger partial charge in [0.05, 0.1) is 5.65 Å². The molecule has 0 aromatic carbocycles. The second kappa shape index (κ2) is 12.8. The van der Waals surface area contributed by atoms with Crippen LogP contribution >= 0.6 is 0 Å². The summed E-state index contributed by atoms with van der Waals surface area (Å²) in [6.07, 6.45) is 4.49. The number of hydrogen-bond acceptors (Lipinski definition) is 2. The molecular formula is C19H31N2OY-. The van der Waals surface area contributed by atoms with Crippen molar-refractivity contribution >= 4 is 11.4 Å². The van der Waals surface area contributed by atoms with Gasteiger partial charge < -0.3 is 4.40 Å². The van der Waals surface area contributed by atoms with Gasteiger partial charge in [-0.1, -0.05) is 67.5 Å². The molecule has 2 heterocycles. The molecule has 2 aromatic rings. The molecule has 1 radical (unpaired) electrons. The largest absolute Gasteiger partial charge is 0.340 e. The Morgan fingerprint density at radius 1 is 1.22 bits per heavy atom. The average Bonchev–Trinajstić information content (AvgIpc) is 3.00. The number of ketones is 1. The molecule has 3 nitrogen and oxygen atoms in total. The minimum atomic E-state index is 0. The molecule has 4 heteroatoms. The van der Waals surface area contributed by atoms with Crippen molar-refractivity contribution in [1.82, 2.24) is 9.38 Å². The van der Waals surface area contributed by atoms with Crippen molar-refractivity contribution in [2.45, 2.75) is 67.7 Å². The summed E-state index contributed by atoms with van der Waals surface area (Å²) in [4.78, 5) is 16.5. The first-order valence-corrected chi connectivity index (χ1v) is 8.47. The van der Waals surface area contributed by atoms with Gasteiger partial charge in [-0.05, 0) is 6.42 Å². The number of imidazole rings is 1. The fourth-order valence-electron chi connectivity index (χ4n) is 1.83. The van der Waals surface area contributed by atoms with Gasteiger partial charge in [0.25, 0.3) is 0 Å². The first kappa shape index (κ1) is 24.7. The summed E-state index contributed by atoms with van der Waals surface area (Å²) >= 11 is 0. The summed E-state index contributed by atoms with van der Waals surface area (Å²) in [6, 6.07) is 5.22. The Kier molecular flexibility index (Phi) is 13.8. The Labute approximate surface area is 167 Å². The van der Waals surface area contributed by atoms with Crippen LogP contribution in [0.4, 0.5) is 0 Å². The van der Waals surface area contributed by atoms with Crippen LogP contribution in [0, 0.1) is 12.0 Å². The smallest absolute Gasteiger partial charge is 0.185 e. The third-order valence-corrected chi connectivity index (χ3v) is 3.35. The maximum atomic E-state index is 12.1. The van der Waals surface area contributed by atoms with Crippen molar-refractivity contribution in [2.24, 2.45) is 5.92 Å². The van der Waals surface area contributed by atoms with E-state index >= 15 is 0 Å². The van der Waals surface area contributed by atoms with Gasteiger partial charge in [-0.25, -0.2) is 16.6 Å². The minimum absolute atomic E-state index is 0. The number of rotatable bonds is 4. The van der Waals surface area contributed by atoms with Gasteiger partial charge in [-0.3, -0.25) is 4.79 Å². The second-order valence-electron chi connectivity index (χ2n) is 5.09. The number of hydrogen-bond donors (Lipinski definition) is 0. The van der Waals surface area contributed by atoms with Crippen LogP contribution in [0.25, 0.3) is 5.65 Å². The van der Waals surface area contributed by atoms with Crippen LogP contribution in [-0.2, 0) is 32.7 Å². The summed E-state index contributed by atoms with van der Waals surface area (Å²) in [5.74, 6) is 0.566. The molecule has 0 fully saturated rings. The predicted molar refractivity (Wildman–Crippen MR) is 94.6 cm³/mol. The Morgan fingerprint density at radius 2 is 1.78 bits per heavy atom. The SMILES string of the molecule is CC.CC.CCC(C)C(=O)c1cn2c[c-]c(C(C)C)cc2n1.[Y]. The number of fused-ring (bicyclic) bond motifs is 1. The molecule has 0 N–H and O–H groups in total. The van der Waals surface area contributed by atoms with Crippen LogP contribution in [0.2, 0.25) is 0 Å². The standard InChI is InChI=1S/C15H19N2O.2C2H6.Y/c1-5-11(4)15(18)13-9-17-7-6-12(10(2)3)8-14(17)16-13;2*1-2;/h7-11H,5H2,1-4H3;2*1-2H3;/q-1;;;. The summed E-state index contributed by atoms with van der Waals surface area (Å²) in [6.45, 7) is 16.2. The van der Waals surface area contributed by atoms with Gasteiger partial charge >= 0.3 is 0 Å². The number of aromatic nitrogens is 2. The number of nitrogens with zero attached hydrogens (tertiary/aromatic N) is 2. The quantitative estimate of drug-likeness (QED) is 0.506. The fraction of sp³-hybridized carbons (Fsp3) is 0.579. The maximum absolute atomic E-state index is 12.1. The van der Waals surface area contributed by atoms with Crippen molar-refractivity contribution in [1.29, 1.82) is 0 Å². The molecule has 0 aliphatic heterocycles. The van der Waals surface area contributed by atoms with E-state index in [0.717, 1.165) is 17.6 Å². The van der Waals surface area contributed by atoms with Gasteiger partial charge in [0.2, 0.25) is 0 Å². The Balaban J connectivity index is 0. The first-order chi connectivity index (χ1) is 10.5. The third kappa shape index (κ3) is 6.85. The van der Waals surface area contributed by atoms with Gasteiger partial charge in [0.15, 0.2) is 5.78 Å². The topological polar surface area (TPSA) is 34.4 Å². The van der Waals surface area contributed by atoms with E-state index in [1.807, 2.05) is 58.2 Å². The molecule has 0 saturated heterocycles. The molecule has 0 bridgehead atoms. The van der Waals surface area contributed by atoms with Gasteiger partial charge in [0.1, 0.15) is 5.69 Å². The third-order valence-electron chi connectivity index (χ3n) is 3.35. The van der Waals surface area contributed by atoms with Gasteiger partial charge in [0, 0.05) is 44.8 Å². The van der Waals surface area contributed by atoms with E-state index in [-0.39, 0.29) is 44.4 Å². The van der Waals surface area contributed by atoms with E-state index in [1.54, 1.807) is 6.20 Å². The molecule has 2 aromatic heterocycles. The van der Waals surface area contributed by atoms with Crippen molar-refractivity contribution < 1.29 is 37.5 Å². The van der Waals surface area contributed by atoms with E-state index < -0.39 is 0 Å². The number of carbonyl (C=O) groups is 1. The molecule has 1 atom stereocenters. The number of Topliss-reactive ketones (excluding diaryl/α,β-unsaturated/α-hetero) is 1. The summed E-state index contributed by atoms with van der Waals surface area (Å²) in [5.41, 5.74) is 2.50. The van der Waals surface area contributed by atoms with E-state index in [2.05, 4.69) is 24.9 Å². The average molecular weight is 392 g/mol. The maximum Gasteiger partial charge on any atom is 0.185 e. The minimum Gasteiger partial charge on any atom is -0.340 e. The van der Waals surface area contributed by atoms with E-state index in [0.29, 0.717) is 11.6 Å². The van der Waals surface area contributed by atoms with Crippen molar-refractivity contribution in [3.63, 3.8) is 0 Å².